The summed E-state index contributed by atoms with van der Waals surface area (Å²) in [6.45, 7) is 3.61. The molecule has 0 spiro atoms. The number of nitriles is 1. The summed E-state index contributed by atoms with van der Waals surface area (Å²) in [5, 5.41) is 23.4. The van der Waals surface area contributed by atoms with Crippen LogP contribution < -0.4 is 5.32 Å². The predicted molar refractivity (Wildman–Crippen MR) is 123 cm³/mol. The van der Waals surface area contributed by atoms with Gasteiger partial charge in [0, 0.05) is 17.7 Å². The minimum absolute atomic E-state index is 0.0236. The number of pyridine rings is 1. The molecule has 1 aromatic heterocycles. The van der Waals surface area contributed by atoms with Gasteiger partial charge in [-0.05, 0) is 48.6 Å². The first-order valence-electron chi connectivity index (χ1n) is 10.4. The molecular formula is C25H24N4O3. The van der Waals surface area contributed by atoms with Crippen molar-refractivity contribution < 1.29 is 9.72 Å². The van der Waals surface area contributed by atoms with Crippen LogP contribution in [-0.2, 0) is 11.2 Å². The summed E-state index contributed by atoms with van der Waals surface area (Å²) in [6.07, 6.45) is 3.39. The molecule has 0 aliphatic heterocycles. The molecule has 0 aliphatic carbocycles. The van der Waals surface area contributed by atoms with Gasteiger partial charge in [0.25, 0.3) is 0 Å². The van der Waals surface area contributed by atoms with Gasteiger partial charge in [0.2, 0.25) is 11.7 Å². The van der Waals surface area contributed by atoms with Gasteiger partial charge in [-0.15, -0.1) is 0 Å². The van der Waals surface area contributed by atoms with Crippen LogP contribution in [0.5, 0.6) is 0 Å². The number of nitro groups is 1. The summed E-state index contributed by atoms with van der Waals surface area (Å²) < 4.78 is 0. The van der Waals surface area contributed by atoms with Gasteiger partial charge in [0.1, 0.15) is 0 Å². The van der Waals surface area contributed by atoms with Gasteiger partial charge >= 0.3 is 5.69 Å². The van der Waals surface area contributed by atoms with Crippen LogP contribution in [0, 0.1) is 34.3 Å². The van der Waals surface area contributed by atoms with Crippen LogP contribution in [-0.4, -0.2) is 15.8 Å². The average Bonchev–Trinajstić information content (AvgIpc) is 2.79. The van der Waals surface area contributed by atoms with Crippen LogP contribution in [0.2, 0.25) is 0 Å². The Morgan fingerprint density at radius 1 is 1.19 bits per heavy atom. The van der Waals surface area contributed by atoms with Crippen molar-refractivity contribution in [2.24, 2.45) is 5.92 Å². The molecule has 0 aliphatic rings. The average molecular weight is 428 g/mol. The fourth-order valence-electron chi connectivity index (χ4n) is 3.70. The van der Waals surface area contributed by atoms with E-state index in [0.29, 0.717) is 24.0 Å². The molecule has 0 bridgehead atoms. The van der Waals surface area contributed by atoms with Crippen molar-refractivity contribution in [2.75, 3.05) is 5.32 Å². The van der Waals surface area contributed by atoms with Crippen molar-refractivity contribution in [1.29, 1.82) is 5.26 Å². The third-order valence-corrected chi connectivity index (χ3v) is 5.35. The maximum absolute atomic E-state index is 13.0. The van der Waals surface area contributed by atoms with Crippen LogP contribution in [0.1, 0.15) is 36.5 Å². The number of rotatable bonds is 8. The SMILES string of the molecule is CCCC(Cc1ccc(-c2ccccc2C#N)cc1)C(=O)Nc1nccc(C)c1[N+](=O)[O-]. The lowest BCUT2D eigenvalue weighted by atomic mass is 9.92. The number of amides is 1. The normalized spacial score (nSPS) is 11.4. The van der Waals surface area contributed by atoms with Crippen molar-refractivity contribution in [2.45, 2.75) is 33.1 Å². The Morgan fingerprint density at radius 2 is 1.91 bits per heavy atom. The molecule has 32 heavy (non-hydrogen) atoms. The molecule has 0 radical (unpaired) electrons. The molecule has 3 rings (SSSR count). The molecule has 7 heteroatoms. The monoisotopic (exact) mass is 428 g/mol. The van der Waals surface area contributed by atoms with Crippen molar-refractivity contribution in [3.63, 3.8) is 0 Å². The first-order valence-corrected chi connectivity index (χ1v) is 10.4. The van der Waals surface area contributed by atoms with Gasteiger partial charge in [0.05, 0.1) is 16.6 Å². The quantitative estimate of drug-likeness (QED) is 0.380. The standard InChI is InChI=1S/C25H24N4O3/c1-3-6-20(25(30)28-24-23(29(31)32)17(2)13-14-27-24)15-18-9-11-19(12-10-18)22-8-5-4-7-21(22)16-26/h4-5,7-14,20H,3,6,15H2,1-2H3,(H,27,28,30). The lowest BCUT2D eigenvalue weighted by Gasteiger charge is -2.16. The maximum Gasteiger partial charge on any atom is 0.314 e. The molecule has 7 nitrogen and oxygen atoms in total. The molecule has 1 unspecified atom stereocenters. The fraction of sp³-hybridized carbons (Fsp3) is 0.240. The molecule has 1 N–H and O–H groups in total. The Balaban J connectivity index is 1.78. The molecule has 0 saturated carbocycles. The number of nitrogens with zero attached hydrogens (tertiary/aromatic N) is 3. The molecular weight excluding hydrogens is 404 g/mol. The third-order valence-electron chi connectivity index (χ3n) is 5.35. The van der Waals surface area contributed by atoms with E-state index in [4.69, 9.17) is 0 Å². The first kappa shape index (κ1) is 22.6. The number of benzene rings is 2. The summed E-state index contributed by atoms with van der Waals surface area (Å²) in [4.78, 5) is 27.8. The minimum Gasteiger partial charge on any atom is -0.305 e. The largest absolute Gasteiger partial charge is 0.314 e. The van der Waals surface area contributed by atoms with Crippen LogP contribution in [0.15, 0.2) is 60.8 Å². The van der Waals surface area contributed by atoms with E-state index in [0.717, 1.165) is 23.1 Å². The lowest BCUT2D eigenvalue weighted by molar-refractivity contribution is -0.384. The summed E-state index contributed by atoms with van der Waals surface area (Å²) in [5.41, 5.74) is 3.64. The zero-order valence-electron chi connectivity index (χ0n) is 18.0. The molecule has 1 amide bonds. The van der Waals surface area contributed by atoms with E-state index in [1.54, 1.807) is 19.1 Å². The van der Waals surface area contributed by atoms with Gasteiger partial charge in [-0.25, -0.2) is 4.98 Å². The van der Waals surface area contributed by atoms with E-state index in [1.807, 2.05) is 49.4 Å². The number of nitrogens with one attached hydrogen (secondary N) is 1. The molecule has 1 heterocycles. The van der Waals surface area contributed by atoms with E-state index in [9.17, 15) is 20.2 Å². The van der Waals surface area contributed by atoms with E-state index in [-0.39, 0.29) is 23.3 Å². The number of carbonyl (C=O) groups is 1. The first-order chi connectivity index (χ1) is 15.4. The highest BCUT2D eigenvalue weighted by atomic mass is 16.6. The van der Waals surface area contributed by atoms with Crippen molar-refractivity contribution in [3.05, 3.63) is 87.6 Å². The number of aromatic nitrogens is 1. The number of hydrogen-bond acceptors (Lipinski definition) is 5. The topological polar surface area (TPSA) is 109 Å². The molecule has 2 aromatic carbocycles. The summed E-state index contributed by atoms with van der Waals surface area (Å²) in [7, 11) is 0. The van der Waals surface area contributed by atoms with E-state index < -0.39 is 4.92 Å². The molecule has 0 fully saturated rings. The van der Waals surface area contributed by atoms with Crippen LogP contribution >= 0.6 is 0 Å². The van der Waals surface area contributed by atoms with Crippen molar-refractivity contribution in [3.8, 4) is 17.2 Å². The Labute approximate surface area is 186 Å². The van der Waals surface area contributed by atoms with E-state index >= 15 is 0 Å². The number of hydrogen-bond donors (Lipinski definition) is 1. The Kier molecular flexibility index (Phi) is 7.29. The van der Waals surface area contributed by atoms with Gasteiger partial charge in [-0.1, -0.05) is 55.8 Å². The summed E-state index contributed by atoms with van der Waals surface area (Å²) in [5.74, 6) is -0.657. The van der Waals surface area contributed by atoms with Gasteiger partial charge in [0.15, 0.2) is 0 Å². The fourth-order valence-corrected chi connectivity index (χ4v) is 3.70. The van der Waals surface area contributed by atoms with Gasteiger partial charge in [-0.3, -0.25) is 14.9 Å². The maximum atomic E-state index is 13.0. The highest BCUT2D eigenvalue weighted by molar-refractivity contribution is 5.94. The zero-order valence-corrected chi connectivity index (χ0v) is 18.0. The number of carbonyl (C=O) groups excluding carboxylic acids is 1. The number of aryl methyl sites for hydroxylation is 1. The van der Waals surface area contributed by atoms with Crippen molar-refractivity contribution in [1.82, 2.24) is 4.98 Å². The van der Waals surface area contributed by atoms with Gasteiger partial charge < -0.3 is 5.32 Å². The molecule has 3 aromatic rings. The van der Waals surface area contributed by atoms with Crippen molar-refractivity contribution >= 4 is 17.4 Å². The van der Waals surface area contributed by atoms with Gasteiger partial charge in [-0.2, -0.15) is 5.26 Å². The smallest absolute Gasteiger partial charge is 0.305 e. The highest BCUT2D eigenvalue weighted by Gasteiger charge is 2.24. The lowest BCUT2D eigenvalue weighted by Crippen LogP contribution is -2.25. The molecule has 162 valence electrons. The Hall–Kier alpha value is -4.05. The highest BCUT2D eigenvalue weighted by Crippen LogP contribution is 2.28. The summed E-state index contributed by atoms with van der Waals surface area (Å²) >= 11 is 0. The minimum atomic E-state index is -0.523. The van der Waals surface area contributed by atoms with Crippen LogP contribution in [0.4, 0.5) is 11.5 Å². The van der Waals surface area contributed by atoms with Crippen LogP contribution in [0.25, 0.3) is 11.1 Å². The second-order valence-corrected chi connectivity index (χ2v) is 7.62. The predicted octanol–water partition coefficient (Wildman–Crippen LogP) is 5.43. The Morgan fingerprint density at radius 3 is 2.56 bits per heavy atom. The zero-order chi connectivity index (χ0) is 23.1. The second-order valence-electron chi connectivity index (χ2n) is 7.62. The molecule has 1 atom stereocenters. The van der Waals surface area contributed by atoms with Crippen LogP contribution in [0.3, 0.4) is 0 Å². The number of anilines is 1. The van der Waals surface area contributed by atoms with E-state index in [1.165, 1.54) is 6.20 Å². The Bertz CT molecular complexity index is 1170. The second kappa shape index (κ2) is 10.3. The third kappa shape index (κ3) is 5.16. The van der Waals surface area contributed by atoms with E-state index in [2.05, 4.69) is 16.4 Å². The summed E-state index contributed by atoms with van der Waals surface area (Å²) in [6, 6.07) is 19.0. The molecule has 0 saturated heterocycles.